The molecule has 0 radical (unpaired) electrons. The van der Waals surface area contributed by atoms with Gasteiger partial charge in [-0.3, -0.25) is 5.41 Å². The van der Waals surface area contributed by atoms with Crippen molar-refractivity contribution in [2.45, 2.75) is 25.1 Å². The first kappa shape index (κ1) is 22.5. The third-order valence-electron chi connectivity index (χ3n) is 5.37. The highest BCUT2D eigenvalue weighted by Crippen LogP contribution is 2.31. The summed E-state index contributed by atoms with van der Waals surface area (Å²) in [7, 11) is 0. The number of rotatable bonds is 6. The lowest BCUT2D eigenvalue weighted by Crippen LogP contribution is -2.36. The minimum absolute atomic E-state index is 0.158. The van der Waals surface area contributed by atoms with Gasteiger partial charge in [0, 0.05) is 11.6 Å². The molecule has 0 atom stereocenters. The van der Waals surface area contributed by atoms with Crippen LogP contribution >= 0.6 is 0 Å². The Labute approximate surface area is 188 Å². The molecule has 172 valence electrons. The summed E-state index contributed by atoms with van der Waals surface area (Å²) in [5.41, 5.74) is 6.51. The number of nitrogens with zero attached hydrogens (tertiary/aromatic N) is 2. The van der Waals surface area contributed by atoms with Gasteiger partial charge in [-0.05, 0) is 74.5 Å². The second-order valence-electron chi connectivity index (χ2n) is 7.67. The van der Waals surface area contributed by atoms with Crippen LogP contribution in [0.3, 0.4) is 0 Å². The summed E-state index contributed by atoms with van der Waals surface area (Å²) in [5.74, 6) is 1.43. The van der Waals surface area contributed by atoms with E-state index in [2.05, 4.69) is 20.6 Å². The van der Waals surface area contributed by atoms with E-state index < -0.39 is 11.7 Å². The smallest absolute Gasteiger partial charge is 0.416 e. The fraction of sp³-hybridized carbons (Fsp3) is 0.261. The predicted octanol–water partition coefficient (Wildman–Crippen LogP) is 4.45. The Kier molecular flexibility index (Phi) is 6.45. The van der Waals surface area contributed by atoms with Crippen molar-refractivity contribution in [2.24, 2.45) is 0 Å². The molecule has 0 saturated carbocycles. The molecule has 1 saturated heterocycles. The molecule has 2 heterocycles. The van der Waals surface area contributed by atoms with Gasteiger partial charge >= 0.3 is 6.18 Å². The lowest BCUT2D eigenvalue weighted by atomic mass is 10.0. The maximum absolute atomic E-state index is 12.7. The predicted molar refractivity (Wildman–Crippen MR) is 120 cm³/mol. The van der Waals surface area contributed by atoms with Gasteiger partial charge in [0.2, 0.25) is 0 Å². The summed E-state index contributed by atoms with van der Waals surface area (Å²) in [6, 6.07) is 11.3. The van der Waals surface area contributed by atoms with E-state index in [4.69, 9.17) is 15.9 Å². The zero-order chi connectivity index (χ0) is 23.4. The molecular formula is C23H23F3N6O. The second-order valence-corrected chi connectivity index (χ2v) is 7.67. The van der Waals surface area contributed by atoms with E-state index >= 15 is 0 Å². The fourth-order valence-corrected chi connectivity index (χ4v) is 3.60. The van der Waals surface area contributed by atoms with E-state index in [1.54, 1.807) is 24.3 Å². The number of ether oxygens (including phenoxy) is 1. The Morgan fingerprint density at radius 1 is 1.00 bits per heavy atom. The molecule has 7 nitrogen and oxygen atoms in total. The van der Waals surface area contributed by atoms with Gasteiger partial charge in [0.05, 0.1) is 16.8 Å². The second kappa shape index (κ2) is 9.45. The summed E-state index contributed by atoms with van der Waals surface area (Å²) < 4.78 is 43.8. The van der Waals surface area contributed by atoms with Gasteiger partial charge in [0.25, 0.3) is 0 Å². The van der Waals surface area contributed by atoms with Crippen LogP contribution in [0.25, 0.3) is 0 Å². The quantitative estimate of drug-likeness (QED) is 0.408. The van der Waals surface area contributed by atoms with Crippen LogP contribution in [0.2, 0.25) is 0 Å². The monoisotopic (exact) mass is 456 g/mol. The molecule has 2 aromatic carbocycles. The van der Waals surface area contributed by atoms with Gasteiger partial charge in [-0.15, -0.1) is 0 Å². The Balaban J connectivity index is 1.49. The van der Waals surface area contributed by atoms with E-state index in [1.807, 2.05) is 0 Å². The summed E-state index contributed by atoms with van der Waals surface area (Å²) in [5, 5.41) is 15.4. The average Bonchev–Trinajstić information content (AvgIpc) is 2.80. The molecule has 5 N–H and O–H groups in total. The lowest BCUT2D eigenvalue weighted by Gasteiger charge is -2.25. The van der Waals surface area contributed by atoms with Gasteiger partial charge in [-0.2, -0.15) is 13.2 Å². The zero-order valence-corrected chi connectivity index (χ0v) is 17.6. The average molecular weight is 456 g/mol. The SMILES string of the molecule is N=C(c1ccc(Oc2ccc(C(F)(F)F)cc2)cc1)c1c(N)ncnc1NC1CCNCC1. The molecular weight excluding hydrogens is 433 g/mol. The summed E-state index contributed by atoms with van der Waals surface area (Å²) >= 11 is 0. The van der Waals surface area contributed by atoms with Gasteiger partial charge in [-0.25, -0.2) is 9.97 Å². The van der Waals surface area contributed by atoms with Crippen LogP contribution in [-0.4, -0.2) is 34.8 Å². The van der Waals surface area contributed by atoms with E-state index in [9.17, 15) is 13.2 Å². The van der Waals surface area contributed by atoms with E-state index in [1.165, 1.54) is 18.5 Å². The van der Waals surface area contributed by atoms with Crippen molar-refractivity contribution in [1.82, 2.24) is 15.3 Å². The third-order valence-corrected chi connectivity index (χ3v) is 5.37. The largest absolute Gasteiger partial charge is 0.457 e. The van der Waals surface area contributed by atoms with Crippen LogP contribution in [0.1, 0.15) is 29.5 Å². The highest BCUT2D eigenvalue weighted by atomic mass is 19.4. The van der Waals surface area contributed by atoms with E-state index in [0.717, 1.165) is 38.1 Å². The van der Waals surface area contributed by atoms with Crippen molar-refractivity contribution < 1.29 is 17.9 Å². The highest BCUT2D eigenvalue weighted by Gasteiger charge is 2.30. The summed E-state index contributed by atoms with van der Waals surface area (Å²) in [6.07, 6.45) is -1.15. The van der Waals surface area contributed by atoms with Crippen molar-refractivity contribution in [1.29, 1.82) is 5.41 Å². The first-order valence-electron chi connectivity index (χ1n) is 10.4. The minimum Gasteiger partial charge on any atom is -0.457 e. The topological polar surface area (TPSA) is 109 Å². The minimum atomic E-state index is -4.40. The van der Waals surface area contributed by atoms with Gasteiger partial charge in [0.15, 0.2) is 0 Å². The molecule has 1 aliphatic rings. The number of hydrogen-bond acceptors (Lipinski definition) is 7. The molecule has 0 spiro atoms. The Morgan fingerprint density at radius 3 is 2.21 bits per heavy atom. The zero-order valence-electron chi connectivity index (χ0n) is 17.6. The van der Waals surface area contributed by atoms with Crippen LogP contribution in [-0.2, 0) is 6.18 Å². The molecule has 0 unspecified atom stereocenters. The number of nitrogen functional groups attached to an aromatic ring is 1. The maximum atomic E-state index is 12.7. The Hall–Kier alpha value is -3.66. The summed E-state index contributed by atoms with van der Waals surface area (Å²) in [6.45, 7) is 1.82. The molecule has 3 aromatic rings. The van der Waals surface area contributed by atoms with E-state index in [0.29, 0.717) is 22.7 Å². The van der Waals surface area contributed by atoms with Gasteiger partial charge in [-0.1, -0.05) is 0 Å². The van der Waals surface area contributed by atoms with Crippen LogP contribution in [0.4, 0.5) is 24.8 Å². The number of nitrogens with two attached hydrogens (primary N) is 1. The number of alkyl halides is 3. The fourth-order valence-electron chi connectivity index (χ4n) is 3.60. The number of piperidine rings is 1. The lowest BCUT2D eigenvalue weighted by molar-refractivity contribution is -0.137. The van der Waals surface area contributed by atoms with Crippen molar-refractivity contribution in [2.75, 3.05) is 24.1 Å². The molecule has 1 aliphatic heterocycles. The number of benzene rings is 2. The Morgan fingerprint density at radius 2 is 1.61 bits per heavy atom. The first-order chi connectivity index (χ1) is 15.8. The molecule has 0 bridgehead atoms. The van der Waals surface area contributed by atoms with E-state index in [-0.39, 0.29) is 23.3 Å². The molecule has 0 amide bonds. The van der Waals surface area contributed by atoms with Crippen molar-refractivity contribution in [3.8, 4) is 11.5 Å². The van der Waals surface area contributed by atoms with Crippen LogP contribution in [0.5, 0.6) is 11.5 Å². The van der Waals surface area contributed by atoms with Crippen LogP contribution < -0.4 is 21.1 Å². The number of anilines is 2. The van der Waals surface area contributed by atoms with Crippen molar-refractivity contribution in [3.63, 3.8) is 0 Å². The molecule has 10 heteroatoms. The van der Waals surface area contributed by atoms with Gasteiger partial charge in [0.1, 0.15) is 29.5 Å². The number of aromatic nitrogens is 2. The van der Waals surface area contributed by atoms with Gasteiger partial charge < -0.3 is 21.1 Å². The van der Waals surface area contributed by atoms with Crippen molar-refractivity contribution >= 4 is 17.3 Å². The maximum Gasteiger partial charge on any atom is 0.416 e. The van der Waals surface area contributed by atoms with Crippen LogP contribution in [0, 0.1) is 5.41 Å². The first-order valence-corrected chi connectivity index (χ1v) is 10.4. The number of hydrogen-bond donors (Lipinski definition) is 4. The Bertz CT molecular complexity index is 1110. The number of nitrogens with one attached hydrogen (secondary N) is 3. The summed E-state index contributed by atoms with van der Waals surface area (Å²) in [4.78, 5) is 8.36. The molecule has 1 aromatic heterocycles. The molecule has 0 aliphatic carbocycles. The molecule has 4 rings (SSSR count). The molecule has 33 heavy (non-hydrogen) atoms. The number of halogens is 3. The normalized spacial score (nSPS) is 14.6. The van der Waals surface area contributed by atoms with Crippen LogP contribution in [0.15, 0.2) is 54.9 Å². The highest BCUT2D eigenvalue weighted by molar-refractivity contribution is 6.16. The molecule has 1 fully saturated rings. The standard InChI is InChI=1S/C23H23F3N6O/c24-23(25,26)15-3-7-18(8-4-15)33-17-5-1-14(2-6-17)20(27)19-21(28)30-13-31-22(19)32-16-9-11-29-12-10-16/h1-8,13,16,27,29H,9-12H2,(H3,28,30,31,32). The van der Waals surface area contributed by atoms with Crippen molar-refractivity contribution in [3.05, 3.63) is 71.5 Å². The third kappa shape index (κ3) is 5.40.